The van der Waals surface area contributed by atoms with Crippen molar-refractivity contribution in [2.75, 3.05) is 6.54 Å². The molecule has 0 aromatic carbocycles. The van der Waals surface area contributed by atoms with Crippen LogP contribution in [0, 0.1) is 0 Å². The van der Waals surface area contributed by atoms with Crippen molar-refractivity contribution in [3.8, 4) is 0 Å². The Balaban J connectivity index is 2.34. The predicted octanol–water partition coefficient (Wildman–Crippen LogP) is -0.114. The van der Waals surface area contributed by atoms with Crippen molar-refractivity contribution < 1.29 is 15.0 Å². The van der Waals surface area contributed by atoms with Crippen LogP contribution in [0.3, 0.4) is 0 Å². The van der Waals surface area contributed by atoms with E-state index in [4.69, 9.17) is 10.8 Å². The molecule has 0 saturated heterocycles. The van der Waals surface area contributed by atoms with Crippen molar-refractivity contribution in [3.05, 3.63) is 0 Å². The summed E-state index contributed by atoms with van der Waals surface area (Å²) in [6.45, 7) is 0.257. The number of carboxylic acid groups (broad SMARTS) is 1. The lowest BCUT2D eigenvalue weighted by atomic mass is 9.82. The highest BCUT2D eigenvalue weighted by Crippen LogP contribution is 2.27. The smallest absolute Gasteiger partial charge is 0.404 e. The normalized spacial score (nSPS) is 34.2. The molecule has 0 heterocycles. The average Bonchev–Trinajstić information content (AvgIpc) is 2.09. The highest BCUT2D eigenvalue weighted by atomic mass is 16.4. The maximum Gasteiger partial charge on any atom is 0.404 e. The second kappa shape index (κ2) is 3.93. The molecule has 1 rings (SSSR count). The molecule has 1 fully saturated rings. The molecule has 0 spiro atoms. The first-order chi connectivity index (χ1) is 6.06. The van der Waals surface area contributed by atoms with Crippen LogP contribution in [0.25, 0.3) is 0 Å². The molecule has 13 heavy (non-hydrogen) atoms. The molecule has 0 aromatic heterocycles. The van der Waals surface area contributed by atoms with Gasteiger partial charge in [-0.1, -0.05) is 0 Å². The van der Waals surface area contributed by atoms with Gasteiger partial charge in [0.2, 0.25) is 0 Å². The summed E-state index contributed by atoms with van der Waals surface area (Å²) in [6, 6.07) is -0.0238. The molecule has 0 bridgehead atoms. The van der Waals surface area contributed by atoms with E-state index in [1.54, 1.807) is 0 Å². The lowest BCUT2D eigenvalue weighted by molar-refractivity contribution is 0.00516. The Bertz CT molecular complexity index is 188. The van der Waals surface area contributed by atoms with Crippen molar-refractivity contribution in [3.63, 3.8) is 0 Å². The van der Waals surface area contributed by atoms with Crippen molar-refractivity contribution in [1.82, 2.24) is 5.32 Å². The van der Waals surface area contributed by atoms with E-state index in [1.165, 1.54) is 0 Å². The summed E-state index contributed by atoms with van der Waals surface area (Å²) in [4.78, 5) is 10.3. The van der Waals surface area contributed by atoms with Crippen molar-refractivity contribution in [1.29, 1.82) is 0 Å². The highest BCUT2D eigenvalue weighted by molar-refractivity contribution is 5.64. The number of nitrogens with two attached hydrogens (primary N) is 1. The predicted molar refractivity (Wildman–Crippen MR) is 47.4 cm³/mol. The molecule has 1 aliphatic rings. The lowest BCUT2D eigenvalue weighted by Gasteiger charge is -2.34. The number of hydrogen-bond acceptors (Lipinski definition) is 3. The molecule has 1 aliphatic carbocycles. The third kappa shape index (κ3) is 2.86. The number of amides is 1. The summed E-state index contributed by atoms with van der Waals surface area (Å²) in [5.74, 6) is 0. The average molecular weight is 188 g/mol. The second-order valence-corrected chi connectivity index (χ2v) is 3.65. The minimum atomic E-state index is -0.997. The van der Waals surface area contributed by atoms with Crippen LogP contribution in [0.1, 0.15) is 25.7 Å². The zero-order valence-electron chi connectivity index (χ0n) is 7.49. The zero-order chi connectivity index (χ0) is 9.90. The van der Waals surface area contributed by atoms with Gasteiger partial charge in [-0.05, 0) is 25.7 Å². The van der Waals surface area contributed by atoms with Crippen LogP contribution in [0.5, 0.6) is 0 Å². The molecule has 5 nitrogen and oxygen atoms in total. The van der Waals surface area contributed by atoms with Crippen LogP contribution in [-0.2, 0) is 0 Å². The van der Waals surface area contributed by atoms with Crippen molar-refractivity contribution >= 4 is 6.09 Å². The number of hydrogen-bond donors (Lipinski definition) is 4. The van der Waals surface area contributed by atoms with Gasteiger partial charge in [-0.25, -0.2) is 4.79 Å². The van der Waals surface area contributed by atoms with Gasteiger partial charge in [0.15, 0.2) is 0 Å². The van der Waals surface area contributed by atoms with Gasteiger partial charge in [0.05, 0.1) is 5.60 Å². The zero-order valence-corrected chi connectivity index (χ0v) is 7.49. The quantitative estimate of drug-likeness (QED) is 0.486. The van der Waals surface area contributed by atoms with Crippen LogP contribution >= 0.6 is 0 Å². The fraction of sp³-hybridized carbons (Fsp3) is 0.875. The Kier molecular flexibility index (Phi) is 3.11. The third-order valence-electron chi connectivity index (χ3n) is 2.62. The number of rotatable bonds is 2. The summed E-state index contributed by atoms with van der Waals surface area (Å²) in [5, 5.41) is 20.6. The van der Waals surface area contributed by atoms with E-state index < -0.39 is 11.7 Å². The topological polar surface area (TPSA) is 95.6 Å². The van der Waals surface area contributed by atoms with Gasteiger partial charge >= 0.3 is 6.09 Å². The lowest BCUT2D eigenvalue weighted by Crippen LogP contribution is -2.46. The minimum Gasteiger partial charge on any atom is -0.465 e. The van der Waals surface area contributed by atoms with E-state index in [1.807, 2.05) is 0 Å². The summed E-state index contributed by atoms with van der Waals surface area (Å²) in [7, 11) is 0. The maximum absolute atomic E-state index is 10.3. The largest absolute Gasteiger partial charge is 0.465 e. The minimum absolute atomic E-state index is 0.0238. The van der Waals surface area contributed by atoms with Gasteiger partial charge in [-0.15, -0.1) is 0 Å². The molecule has 0 radical (unpaired) electrons. The number of aliphatic hydroxyl groups is 1. The molecule has 76 valence electrons. The first-order valence-electron chi connectivity index (χ1n) is 4.48. The van der Waals surface area contributed by atoms with Crippen LogP contribution in [0.15, 0.2) is 0 Å². The third-order valence-corrected chi connectivity index (χ3v) is 2.62. The molecule has 5 heteroatoms. The standard InChI is InChI=1S/C8H16N2O3/c9-5-8(13)3-1-6(2-4-8)10-7(11)12/h6,10,13H,1-5,9H2,(H,11,12)/t6-,8-. The van der Waals surface area contributed by atoms with E-state index in [2.05, 4.69) is 5.32 Å². The van der Waals surface area contributed by atoms with Gasteiger partial charge < -0.3 is 21.3 Å². The van der Waals surface area contributed by atoms with Gasteiger partial charge in [0, 0.05) is 12.6 Å². The summed E-state index contributed by atoms with van der Waals surface area (Å²) in [6.07, 6.45) is 1.49. The molecule has 0 unspecified atom stereocenters. The van der Waals surface area contributed by atoms with Crippen LogP contribution < -0.4 is 11.1 Å². The van der Waals surface area contributed by atoms with E-state index in [0.29, 0.717) is 25.7 Å². The molecular weight excluding hydrogens is 172 g/mol. The van der Waals surface area contributed by atoms with Gasteiger partial charge in [-0.3, -0.25) is 0 Å². The number of nitrogens with one attached hydrogen (secondary N) is 1. The molecule has 1 saturated carbocycles. The van der Waals surface area contributed by atoms with Gasteiger partial charge in [0.1, 0.15) is 0 Å². The van der Waals surface area contributed by atoms with Crippen LogP contribution in [-0.4, -0.2) is 34.5 Å². The molecule has 0 atom stereocenters. The molecule has 0 aliphatic heterocycles. The molecule has 5 N–H and O–H groups in total. The first kappa shape index (κ1) is 10.3. The molecular formula is C8H16N2O3. The van der Waals surface area contributed by atoms with E-state index in [-0.39, 0.29) is 12.6 Å². The van der Waals surface area contributed by atoms with Crippen LogP contribution in [0.4, 0.5) is 4.79 Å². The summed E-state index contributed by atoms with van der Waals surface area (Å²) in [5.41, 5.74) is 4.63. The Labute approximate surface area is 76.9 Å². The van der Waals surface area contributed by atoms with E-state index in [0.717, 1.165) is 0 Å². The fourth-order valence-electron chi connectivity index (χ4n) is 1.68. The SMILES string of the molecule is NC[C@]1(O)CC[C@H](NC(=O)O)CC1. The summed E-state index contributed by atoms with van der Waals surface area (Å²) >= 11 is 0. The Hall–Kier alpha value is -0.810. The van der Waals surface area contributed by atoms with Gasteiger partial charge in [0.25, 0.3) is 0 Å². The van der Waals surface area contributed by atoms with Gasteiger partial charge in [-0.2, -0.15) is 0 Å². The number of carbonyl (C=O) groups is 1. The Morgan fingerprint density at radius 3 is 2.46 bits per heavy atom. The van der Waals surface area contributed by atoms with E-state index >= 15 is 0 Å². The summed E-state index contributed by atoms with van der Waals surface area (Å²) < 4.78 is 0. The van der Waals surface area contributed by atoms with E-state index in [9.17, 15) is 9.90 Å². The van der Waals surface area contributed by atoms with Crippen molar-refractivity contribution in [2.45, 2.75) is 37.3 Å². The Morgan fingerprint density at radius 2 is 2.08 bits per heavy atom. The highest BCUT2D eigenvalue weighted by Gasteiger charge is 2.32. The monoisotopic (exact) mass is 188 g/mol. The first-order valence-corrected chi connectivity index (χ1v) is 4.48. The molecule has 1 amide bonds. The molecule has 0 aromatic rings. The maximum atomic E-state index is 10.3. The fourth-order valence-corrected chi connectivity index (χ4v) is 1.68. The van der Waals surface area contributed by atoms with Crippen molar-refractivity contribution in [2.24, 2.45) is 5.73 Å². The Morgan fingerprint density at radius 1 is 1.54 bits per heavy atom. The second-order valence-electron chi connectivity index (χ2n) is 3.65. The van der Waals surface area contributed by atoms with Crippen LogP contribution in [0.2, 0.25) is 0 Å².